The molecule has 4 aromatic rings. The number of hydrogen-bond donors (Lipinski definition) is 1. The molecule has 1 atom stereocenters. The summed E-state index contributed by atoms with van der Waals surface area (Å²) in [7, 11) is 0. The van der Waals surface area contributed by atoms with Crippen molar-refractivity contribution in [1.29, 1.82) is 0 Å². The fraction of sp³-hybridized carbons (Fsp3) is 0.125. The lowest BCUT2D eigenvalue weighted by Crippen LogP contribution is -2.28. The topological polar surface area (TPSA) is 59.8 Å². The molecule has 0 saturated heterocycles. The number of carbonyl (C=O) groups excluding carboxylic acids is 1. The fourth-order valence-electron chi connectivity index (χ4n) is 3.19. The second-order valence-electron chi connectivity index (χ2n) is 7.11. The predicted octanol–water partition coefficient (Wildman–Crippen LogP) is 6.36. The number of amides is 1. The molecule has 1 unspecified atom stereocenters. The molecule has 8 heteroatoms. The Morgan fingerprint density at radius 3 is 2.41 bits per heavy atom. The van der Waals surface area contributed by atoms with Crippen molar-refractivity contribution < 1.29 is 4.79 Å². The summed E-state index contributed by atoms with van der Waals surface area (Å²) in [5.41, 5.74) is 2.40. The van der Waals surface area contributed by atoms with E-state index >= 15 is 0 Å². The molecule has 4 rings (SSSR count). The summed E-state index contributed by atoms with van der Waals surface area (Å²) in [5.74, 6) is 1.08. The third kappa shape index (κ3) is 5.15. The minimum Gasteiger partial charge on any atom is -0.342 e. The van der Waals surface area contributed by atoms with Crippen LogP contribution in [0.3, 0.4) is 0 Å². The number of benzene rings is 3. The van der Waals surface area contributed by atoms with Crippen LogP contribution in [0.15, 0.2) is 84.0 Å². The van der Waals surface area contributed by atoms with E-state index in [1.54, 1.807) is 30.3 Å². The third-order valence-electron chi connectivity index (χ3n) is 4.79. The van der Waals surface area contributed by atoms with Gasteiger partial charge in [0.1, 0.15) is 0 Å². The first-order valence-electron chi connectivity index (χ1n) is 9.96. The minimum absolute atomic E-state index is 0.191. The summed E-state index contributed by atoms with van der Waals surface area (Å²) in [6.07, 6.45) is 0. The van der Waals surface area contributed by atoms with Crippen LogP contribution < -0.4 is 5.32 Å². The highest BCUT2D eigenvalue weighted by molar-refractivity contribution is 7.98. The van der Waals surface area contributed by atoms with Crippen LogP contribution in [0.2, 0.25) is 10.0 Å². The summed E-state index contributed by atoms with van der Waals surface area (Å²) < 4.78 is 1.86. The largest absolute Gasteiger partial charge is 0.342 e. The number of nitrogens with one attached hydrogen (secondary N) is 1. The number of nitrogens with zero attached hydrogens (tertiary/aromatic N) is 3. The highest BCUT2D eigenvalue weighted by atomic mass is 35.5. The molecule has 0 aliphatic rings. The maximum absolute atomic E-state index is 12.7. The molecule has 5 nitrogen and oxygen atoms in total. The van der Waals surface area contributed by atoms with E-state index in [1.807, 2.05) is 47.9 Å². The number of halogens is 2. The van der Waals surface area contributed by atoms with Gasteiger partial charge in [0.15, 0.2) is 11.0 Å². The molecule has 0 radical (unpaired) electrons. The summed E-state index contributed by atoms with van der Waals surface area (Å²) in [5, 5.41) is 13.5. The maximum atomic E-state index is 12.7. The highest BCUT2D eigenvalue weighted by Crippen LogP contribution is 2.32. The van der Waals surface area contributed by atoms with Gasteiger partial charge in [-0.05, 0) is 42.8 Å². The lowest BCUT2D eigenvalue weighted by Gasteiger charge is -2.17. The quantitative estimate of drug-likeness (QED) is 0.311. The average molecular weight is 483 g/mol. The minimum atomic E-state index is -0.420. The molecule has 1 heterocycles. The van der Waals surface area contributed by atoms with E-state index in [0.717, 1.165) is 5.56 Å². The molecule has 0 aliphatic heterocycles. The van der Waals surface area contributed by atoms with Crippen LogP contribution in [-0.2, 0) is 5.75 Å². The average Bonchev–Trinajstić information content (AvgIpc) is 3.24. The summed E-state index contributed by atoms with van der Waals surface area (Å²) in [6, 6.07) is 24.0. The molecule has 1 amide bonds. The monoisotopic (exact) mass is 482 g/mol. The molecule has 1 aromatic heterocycles. The van der Waals surface area contributed by atoms with Crippen molar-refractivity contribution in [3.63, 3.8) is 0 Å². The SMILES string of the molecule is CC(NC(=O)c1ccccc1)c1nnc(SCc2ccccc2)n1-c1cc(Cl)ccc1Cl. The Labute approximate surface area is 200 Å². The zero-order chi connectivity index (χ0) is 22.5. The van der Waals surface area contributed by atoms with Crippen molar-refractivity contribution in [2.24, 2.45) is 0 Å². The fourth-order valence-corrected chi connectivity index (χ4v) is 4.47. The third-order valence-corrected chi connectivity index (χ3v) is 6.34. The second-order valence-corrected chi connectivity index (χ2v) is 8.89. The number of hydrogen-bond acceptors (Lipinski definition) is 4. The van der Waals surface area contributed by atoms with E-state index in [4.69, 9.17) is 23.2 Å². The normalized spacial score (nSPS) is 11.8. The molecule has 0 saturated carbocycles. The van der Waals surface area contributed by atoms with E-state index in [-0.39, 0.29) is 5.91 Å². The van der Waals surface area contributed by atoms with Gasteiger partial charge in [-0.25, -0.2) is 0 Å². The van der Waals surface area contributed by atoms with Crippen molar-refractivity contribution in [2.45, 2.75) is 23.9 Å². The number of thioether (sulfide) groups is 1. The summed E-state index contributed by atoms with van der Waals surface area (Å²) in [4.78, 5) is 12.7. The number of rotatable bonds is 7. The van der Waals surface area contributed by atoms with Gasteiger partial charge in [-0.15, -0.1) is 10.2 Å². The molecular formula is C24H20Cl2N4OS. The van der Waals surface area contributed by atoms with Gasteiger partial charge in [0.25, 0.3) is 5.91 Å². The summed E-state index contributed by atoms with van der Waals surface area (Å²) >= 11 is 14.3. The zero-order valence-electron chi connectivity index (χ0n) is 17.2. The standard InChI is InChI=1S/C24H20Cl2N4OS/c1-16(27-23(31)18-10-6-3-7-11-18)22-28-29-24(32-15-17-8-4-2-5-9-17)30(22)21-14-19(25)12-13-20(21)26/h2-14,16H,15H2,1H3,(H,27,31). The first-order valence-corrected chi connectivity index (χ1v) is 11.7. The molecule has 0 bridgehead atoms. The van der Waals surface area contributed by atoms with Gasteiger partial charge in [-0.2, -0.15) is 0 Å². The van der Waals surface area contributed by atoms with Gasteiger partial charge in [0.2, 0.25) is 0 Å². The van der Waals surface area contributed by atoms with Gasteiger partial charge in [-0.3, -0.25) is 9.36 Å². The van der Waals surface area contributed by atoms with Gasteiger partial charge < -0.3 is 5.32 Å². The molecule has 1 N–H and O–H groups in total. The Hall–Kier alpha value is -2.80. The van der Waals surface area contributed by atoms with E-state index in [0.29, 0.717) is 38.0 Å². The van der Waals surface area contributed by atoms with Crippen LogP contribution >= 0.6 is 35.0 Å². The van der Waals surface area contributed by atoms with Crippen molar-refractivity contribution in [3.8, 4) is 5.69 Å². The molecule has 0 aliphatic carbocycles. The van der Waals surface area contributed by atoms with E-state index < -0.39 is 6.04 Å². The molecular weight excluding hydrogens is 463 g/mol. The van der Waals surface area contributed by atoms with Gasteiger partial charge in [0, 0.05) is 16.3 Å². The summed E-state index contributed by atoms with van der Waals surface area (Å²) in [6.45, 7) is 1.87. The molecule has 3 aromatic carbocycles. The predicted molar refractivity (Wildman–Crippen MR) is 130 cm³/mol. The Morgan fingerprint density at radius 1 is 1.00 bits per heavy atom. The zero-order valence-corrected chi connectivity index (χ0v) is 19.5. The Bertz CT molecular complexity index is 1220. The number of carbonyl (C=O) groups is 1. The lowest BCUT2D eigenvalue weighted by atomic mass is 10.2. The van der Waals surface area contributed by atoms with Crippen molar-refractivity contribution >= 4 is 40.9 Å². The van der Waals surface area contributed by atoms with E-state index in [1.165, 1.54) is 11.8 Å². The van der Waals surface area contributed by atoms with Crippen LogP contribution in [0.1, 0.15) is 34.7 Å². The first-order chi connectivity index (χ1) is 15.5. The highest BCUT2D eigenvalue weighted by Gasteiger charge is 2.23. The van der Waals surface area contributed by atoms with Crippen LogP contribution in [0.25, 0.3) is 5.69 Å². The van der Waals surface area contributed by atoms with Crippen LogP contribution in [0.4, 0.5) is 0 Å². The van der Waals surface area contributed by atoms with E-state index in [9.17, 15) is 4.79 Å². The molecule has 0 fully saturated rings. The van der Waals surface area contributed by atoms with Crippen molar-refractivity contribution in [1.82, 2.24) is 20.1 Å². The lowest BCUT2D eigenvalue weighted by molar-refractivity contribution is 0.0938. The number of aromatic nitrogens is 3. The Balaban J connectivity index is 1.67. The van der Waals surface area contributed by atoms with Gasteiger partial charge >= 0.3 is 0 Å². The maximum Gasteiger partial charge on any atom is 0.251 e. The van der Waals surface area contributed by atoms with Crippen molar-refractivity contribution in [2.75, 3.05) is 0 Å². The molecule has 162 valence electrons. The van der Waals surface area contributed by atoms with Gasteiger partial charge in [0.05, 0.1) is 16.8 Å². The smallest absolute Gasteiger partial charge is 0.251 e. The second kappa shape index (κ2) is 10.2. The Morgan fingerprint density at radius 2 is 1.69 bits per heavy atom. The van der Waals surface area contributed by atoms with Crippen LogP contribution in [0, 0.1) is 0 Å². The van der Waals surface area contributed by atoms with E-state index in [2.05, 4.69) is 27.6 Å². The van der Waals surface area contributed by atoms with Crippen LogP contribution in [-0.4, -0.2) is 20.7 Å². The first kappa shape index (κ1) is 22.4. The molecule has 32 heavy (non-hydrogen) atoms. The molecule has 0 spiro atoms. The Kier molecular flexibility index (Phi) is 7.15. The van der Waals surface area contributed by atoms with Crippen LogP contribution in [0.5, 0.6) is 0 Å². The van der Waals surface area contributed by atoms with Crippen molar-refractivity contribution in [3.05, 3.63) is 106 Å². The van der Waals surface area contributed by atoms with Gasteiger partial charge in [-0.1, -0.05) is 83.5 Å².